The molecule has 0 aliphatic heterocycles. The molecule has 14 heavy (non-hydrogen) atoms. The summed E-state index contributed by atoms with van der Waals surface area (Å²) in [6.45, 7) is 1.63. The van der Waals surface area contributed by atoms with Gasteiger partial charge in [0.2, 0.25) is 0 Å². The lowest BCUT2D eigenvalue weighted by Crippen LogP contribution is -2.33. The predicted molar refractivity (Wildman–Crippen MR) is 47.2 cm³/mol. The molecule has 0 bridgehead atoms. The van der Waals surface area contributed by atoms with Crippen LogP contribution in [0.2, 0.25) is 0 Å². The van der Waals surface area contributed by atoms with Gasteiger partial charge in [-0.1, -0.05) is 6.07 Å². The SMILES string of the molecule is Cc1ccc(F)cc1C(NN)C(F)F. The number of nitrogens with two attached hydrogens (primary N) is 1. The van der Waals surface area contributed by atoms with Crippen LogP contribution in [0.3, 0.4) is 0 Å². The quantitative estimate of drug-likeness (QED) is 0.583. The Hall–Kier alpha value is -1.07. The van der Waals surface area contributed by atoms with Gasteiger partial charge in [-0.05, 0) is 30.2 Å². The van der Waals surface area contributed by atoms with Crippen LogP contribution in [0.25, 0.3) is 0 Å². The molecule has 1 atom stereocenters. The molecule has 0 saturated carbocycles. The number of rotatable bonds is 3. The van der Waals surface area contributed by atoms with E-state index in [9.17, 15) is 13.2 Å². The lowest BCUT2D eigenvalue weighted by atomic mass is 10.0. The molecule has 0 aliphatic rings. The number of hydrazine groups is 1. The van der Waals surface area contributed by atoms with E-state index in [1.54, 1.807) is 6.92 Å². The molecule has 0 aliphatic carbocycles. The third-order valence-electron chi connectivity index (χ3n) is 2.01. The average molecular weight is 204 g/mol. The molecule has 0 fully saturated rings. The second kappa shape index (κ2) is 4.43. The van der Waals surface area contributed by atoms with E-state index in [0.29, 0.717) is 5.56 Å². The molecule has 2 nitrogen and oxygen atoms in total. The fraction of sp³-hybridized carbons (Fsp3) is 0.333. The molecule has 0 heterocycles. The molecule has 1 rings (SSSR count). The zero-order chi connectivity index (χ0) is 10.7. The van der Waals surface area contributed by atoms with E-state index in [1.807, 2.05) is 5.43 Å². The summed E-state index contributed by atoms with van der Waals surface area (Å²) >= 11 is 0. The van der Waals surface area contributed by atoms with Crippen LogP contribution in [-0.4, -0.2) is 6.43 Å². The molecule has 78 valence electrons. The van der Waals surface area contributed by atoms with Crippen molar-refractivity contribution in [1.82, 2.24) is 5.43 Å². The Balaban J connectivity index is 3.08. The summed E-state index contributed by atoms with van der Waals surface area (Å²) in [5, 5.41) is 0. The second-order valence-electron chi connectivity index (χ2n) is 2.98. The van der Waals surface area contributed by atoms with E-state index < -0.39 is 18.3 Å². The predicted octanol–water partition coefficient (Wildman–Crippen LogP) is 1.90. The van der Waals surface area contributed by atoms with Crippen LogP contribution in [0.1, 0.15) is 17.2 Å². The lowest BCUT2D eigenvalue weighted by Gasteiger charge is -2.17. The molecule has 0 amide bonds. The largest absolute Gasteiger partial charge is 0.271 e. The summed E-state index contributed by atoms with van der Waals surface area (Å²) in [6.07, 6.45) is -2.67. The molecule has 1 unspecified atom stereocenters. The van der Waals surface area contributed by atoms with E-state index in [4.69, 9.17) is 5.84 Å². The van der Waals surface area contributed by atoms with Gasteiger partial charge in [-0.25, -0.2) is 18.6 Å². The second-order valence-corrected chi connectivity index (χ2v) is 2.98. The summed E-state index contributed by atoms with van der Waals surface area (Å²) in [7, 11) is 0. The molecule has 0 radical (unpaired) electrons. The average Bonchev–Trinajstić information content (AvgIpc) is 2.11. The van der Waals surface area contributed by atoms with Crippen LogP contribution < -0.4 is 11.3 Å². The normalized spacial score (nSPS) is 13.3. The summed E-state index contributed by atoms with van der Waals surface area (Å²) in [5.41, 5.74) is 2.73. The van der Waals surface area contributed by atoms with E-state index in [0.717, 1.165) is 6.07 Å². The Bertz CT molecular complexity index is 315. The summed E-state index contributed by atoms with van der Waals surface area (Å²) in [5.74, 6) is 4.42. The van der Waals surface area contributed by atoms with E-state index in [2.05, 4.69) is 0 Å². The smallest absolute Gasteiger partial charge is 0.259 e. The maximum absolute atomic E-state index is 12.8. The number of hydrogen-bond acceptors (Lipinski definition) is 2. The number of alkyl halides is 2. The fourth-order valence-corrected chi connectivity index (χ4v) is 1.24. The Morgan fingerprint density at radius 3 is 2.50 bits per heavy atom. The highest BCUT2D eigenvalue weighted by Gasteiger charge is 2.22. The topological polar surface area (TPSA) is 38.0 Å². The van der Waals surface area contributed by atoms with Gasteiger partial charge in [0.15, 0.2) is 0 Å². The zero-order valence-electron chi connectivity index (χ0n) is 7.60. The van der Waals surface area contributed by atoms with Crippen molar-refractivity contribution in [3.8, 4) is 0 Å². The summed E-state index contributed by atoms with van der Waals surface area (Å²) in [4.78, 5) is 0. The van der Waals surface area contributed by atoms with Gasteiger partial charge in [0.05, 0.1) is 0 Å². The Kier molecular flexibility index (Phi) is 3.49. The summed E-state index contributed by atoms with van der Waals surface area (Å²) in [6, 6.07) is 2.40. The van der Waals surface area contributed by atoms with Gasteiger partial charge in [-0.3, -0.25) is 5.84 Å². The van der Waals surface area contributed by atoms with Gasteiger partial charge in [-0.2, -0.15) is 0 Å². The number of aryl methyl sites for hydroxylation is 1. The van der Waals surface area contributed by atoms with Crippen molar-refractivity contribution in [1.29, 1.82) is 0 Å². The molecule has 0 saturated heterocycles. The molecule has 0 aromatic heterocycles. The third kappa shape index (κ3) is 2.24. The maximum atomic E-state index is 12.8. The van der Waals surface area contributed by atoms with E-state index in [1.165, 1.54) is 12.1 Å². The van der Waals surface area contributed by atoms with Gasteiger partial charge in [-0.15, -0.1) is 0 Å². The van der Waals surface area contributed by atoms with Gasteiger partial charge in [0.1, 0.15) is 11.9 Å². The Labute approximate surface area is 79.9 Å². The van der Waals surface area contributed by atoms with Crippen LogP contribution in [0.5, 0.6) is 0 Å². The Morgan fingerprint density at radius 1 is 1.36 bits per heavy atom. The van der Waals surface area contributed by atoms with Crippen molar-refractivity contribution in [2.45, 2.75) is 19.4 Å². The molecular weight excluding hydrogens is 193 g/mol. The Morgan fingerprint density at radius 2 is 2.00 bits per heavy atom. The van der Waals surface area contributed by atoms with Crippen molar-refractivity contribution in [2.75, 3.05) is 0 Å². The third-order valence-corrected chi connectivity index (χ3v) is 2.01. The van der Waals surface area contributed by atoms with Crippen LogP contribution in [0, 0.1) is 12.7 Å². The van der Waals surface area contributed by atoms with Crippen LogP contribution >= 0.6 is 0 Å². The van der Waals surface area contributed by atoms with Crippen molar-refractivity contribution in [2.24, 2.45) is 5.84 Å². The highest BCUT2D eigenvalue weighted by molar-refractivity contribution is 5.29. The monoisotopic (exact) mass is 204 g/mol. The first kappa shape index (κ1) is 11.0. The van der Waals surface area contributed by atoms with Crippen LogP contribution in [0.15, 0.2) is 18.2 Å². The molecule has 1 aromatic carbocycles. The molecular formula is C9H11F3N2. The molecule has 3 N–H and O–H groups in total. The zero-order valence-corrected chi connectivity index (χ0v) is 7.60. The van der Waals surface area contributed by atoms with Crippen molar-refractivity contribution in [3.05, 3.63) is 35.1 Å². The van der Waals surface area contributed by atoms with E-state index >= 15 is 0 Å². The number of halogens is 3. The van der Waals surface area contributed by atoms with Crippen molar-refractivity contribution < 1.29 is 13.2 Å². The standard InChI is InChI=1S/C9H11F3N2/c1-5-2-3-6(10)4-7(5)8(14-13)9(11)12/h2-4,8-9,14H,13H2,1H3. The van der Waals surface area contributed by atoms with Gasteiger partial charge < -0.3 is 0 Å². The number of nitrogens with one attached hydrogen (secondary N) is 1. The summed E-state index contributed by atoms with van der Waals surface area (Å²) < 4.78 is 37.7. The first-order valence-corrected chi connectivity index (χ1v) is 4.06. The van der Waals surface area contributed by atoms with Crippen molar-refractivity contribution >= 4 is 0 Å². The molecule has 0 spiro atoms. The fourth-order valence-electron chi connectivity index (χ4n) is 1.24. The van der Waals surface area contributed by atoms with E-state index in [-0.39, 0.29) is 5.56 Å². The van der Waals surface area contributed by atoms with Gasteiger partial charge >= 0.3 is 0 Å². The van der Waals surface area contributed by atoms with Crippen molar-refractivity contribution in [3.63, 3.8) is 0 Å². The molecule has 5 heteroatoms. The minimum absolute atomic E-state index is 0.183. The highest BCUT2D eigenvalue weighted by atomic mass is 19.3. The first-order valence-electron chi connectivity index (χ1n) is 4.06. The number of benzene rings is 1. The first-order chi connectivity index (χ1) is 6.56. The maximum Gasteiger partial charge on any atom is 0.259 e. The minimum Gasteiger partial charge on any atom is -0.271 e. The highest BCUT2D eigenvalue weighted by Crippen LogP contribution is 2.23. The minimum atomic E-state index is -2.67. The van der Waals surface area contributed by atoms with Crippen LogP contribution in [-0.2, 0) is 0 Å². The number of hydrogen-bond donors (Lipinski definition) is 2. The van der Waals surface area contributed by atoms with Gasteiger partial charge in [0.25, 0.3) is 6.43 Å². The molecule has 1 aromatic rings. The lowest BCUT2D eigenvalue weighted by molar-refractivity contribution is 0.0982. The van der Waals surface area contributed by atoms with Crippen LogP contribution in [0.4, 0.5) is 13.2 Å². The van der Waals surface area contributed by atoms with Gasteiger partial charge in [0, 0.05) is 0 Å².